The summed E-state index contributed by atoms with van der Waals surface area (Å²) in [6, 6.07) is 0. The molecule has 0 bridgehead atoms. The van der Waals surface area contributed by atoms with Gasteiger partial charge in [0.05, 0.1) is 0 Å². The Morgan fingerprint density at radius 2 is 1.45 bits per heavy atom. The van der Waals surface area contributed by atoms with Crippen molar-refractivity contribution < 1.29 is 0 Å². The maximum Gasteiger partial charge on any atom is 0.0210 e. The molecule has 1 nitrogen and oxygen atoms in total. The molecule has 1 aliphatic carbocycles. The fourth-order valence-corrected chi connectivity index (χ4v) is 4.16. The largest absolute Gasteiger partial charge is 0.311 e. The normalized spacial score (nSPS) is 26.2. The molecule has 1 heteroatoms. The van der Waals surface area contributed by atoms with Crippen LogP contribution in [0.3, 0.4) is 0 Å². The third-order valence-electron chi connectivity index (χ3n) is 5.61. The molecule has 1 saturated heterocycles. The van der Waals surface area contributed by atoms with Crippen molar-refractivity contribution in [3.05, 3.63) is 0 Å². The molecule has 1 unspecified atom stereocenters. The van der Waals surface area contributed by atoms with Gasteiger partial charge in [0.1, 0.15) is 0 Å². The van der Waals surface area contributed by atoms with Gasteiger partial charge in [-0.1, -0.05) is 71.1 Å². The number of unbranched alkanes of at least 4 members (excludes halogenated alkanes) is 9. The average molecular weight is 280 g/mol. The van der Waals surface area contributed by atoms with Crippen LogP contribution in [0.2, 0.25) is 0 Å². The van der Waals surface area contributed by atoms with Gasteiger partial charge in [-0.2, -0.15) is 0 Å². The minimum Gasteiger partial charge on any atom is -0.311 e. The molecule has 118 valence electrons. The van der Waals surface area contributed by atoms with Crippen molar-refractivity contribution >= 4 is 0 Å². The molecule has 2 aliphatic rings. The molecular weight excluding hydrogens is 242 g/mol. The second kappa shape index (κ2) is 9.07. The van der Waals surface area contributed by atoms with Crippen LogP contribution in [-0.2, 0) is 0 Å². The molecule has 2 rings (SSSR count). The van der Waals surface area contributed by atoms with E-state index in [0.717, 1.165) is 5.92 Å². The number of nitrogens with one attached hydrogen (secondary N) is 1. The summed E-state index contributed by atoms with van der Waals surface area (Å²) >= 11 is 0. The van der Waals surface area contributed by atoms with E-state index in [1.54, 1.807) is 0 Å². The zero-order valence-electron chi connectivity index (χ0n) is 13.9. The Morgan fingerprint density at radius 3 is 1.95 bits per heavy atom. The maximum absolute atomic E-state index is 3.86. The van der Waals surface area contributed by atoms with Crippen LogP contribution in [0.15, 0.2) is 0 Å². The van der Waals surface area contributed by atoms with E-state index in [-0.39, 0.29) is 0 Å². The molecule has 0 amide bonds. The van der Waals surface area contributed by atoms with E-state index in [1.165, 1.54) is 103 Å². The quantitative estimate of drug-likeness (QED) is 0.443. The monoisotopic (exact) mass is 279 g/mol. The topological polar surface area (TPSA) is 12.0 Å². The number of hydrogen-bond donors (Lipinski definition) is 1. The fourth-order valence-electron chi connectivity index (χ4n) is 4.16. The summed E-state index contributed by atoms with van der Waals surface area (Å²) in [4.78, 5) is 0. The Hall–Kier alpha value is -0.0400. The van der Waals surface area contributed by atoms with Gasteiger partial charge in [0.15, 0.2) is 0 Å². The highest BCUT2D eigenvalue weighted by Crippen LogP contribution is 2.46. The van der Waals surface area contributed by atoms with E-state index in [2.05, 4.69) is 12.2 Å². The molecule has 1 atom stereocenters. The van der Waals surface area contributed by atoms with Crippen molar-refractivity contribution in [3.63, 3.8) is 0 Å². The summed E-state index contributed by atoms with van der Waals surface area (Å²) in [7, 11) is 0. The third-order valence-corrected chi connectivity index (χ3v) is 5.61. The van der Waals surface area contributed by atoms with Crippen molar-refractivity contribution in [1.29, 1.82) is 0 Å². The number of rotatable bonds is 12. The summed E-state index contributed by atoms with van der Waals surface area (Å²) in [6.07, 6.45) is 22.0. The minimum absolute atomic E-state index is 0.597. The molecule has 0 radical (unpaired) electrons. The summed E-state index contributed by atoms with van der Waals surface area (Å²) in [6.45, 7) is 3.59. The molecule has 0 aromatic carbocycles. The second-order valence-electron chi connectivity index (χ2n) is 7.39. The predicted octanol–water partition coefficient (Wildman–Crippen LogP) is 5.83. The van der Waals surface area contributed by atoms with Crippen LogP contribution in [0, 0.1) is 5.92 Å². The van der Waals surface area contributed by atoms with E-state index in [4.69, 9.17) is 0 Å². The minimum atomic E-state index is 0.597. The Balaban J connectivity index is 1.41. The van der Waals surface area contributed by atoms with Gasteiger partial charge in [-0.05, 0) is 44.6 Å². The summed E-state index contributed by atoms with van der Waals surface area (Å²) in [5.41, 5.74) is 0.597. The molecule has 0 aromatic heterocycles. The van der Waals surface area contributed by atoms with Gasteiger partial charge in [-0.3, -0.25) is 0 Å². The summed E-state index contributed by atoms with van der Waals surface area (Å²) in [5, 5.41) is 3.86. The Labute approximate surface area is 127 Å². The Morgan fingerprint density at radius 1 is 0.850 bits per heavy atom. The van der Waals surface area contributed by atoms with Gasteiger partial charge in [-0.25, -0.2) is 0 Å². The van der Waals surface area contributed by atoms with Crippen LogP contribution in [0.5, 0.6) is 0 Å². The van der Waals surface area contributed by atoms with Crippen molar-refractivity contribution in [2.24, 2.45) is 5.92 Å². The van der Waals surface area contributed by atoms with Gasteiger partial charge in [0.2, 0.25) is 0 Å². The first-order chi connectivity index (χ1) is 9.87. The Bertz CT molecular complexity index is 238. The lowest BCUT2D eigenvalue weighted by Crippen LogP contribution is -2.41. The average Bonchev–Trinajstić information content (AvgIpc) is 3.22. The van der Waals surface area contributed by atoms with E-state index in [1.807, 2.05) is 0 Å². The molecule has 0 aromatic rings. The fraction of sp³-hybridized carbons (Fsp3) is 1.00. The molecule has 1 heterocycles. The van der Waals surface area contributed by atoms with Gasteiger partial charge < -0.3 is 5.32 Å². The number of hydrogen-bond acceptors (Lipinski definition) is 1. The first kappa shape index (κ1) is 16.3. The highest BCUT2D eigenvalue weighted by atomic mass is 15.0. The molecular formula is C19H37N. The molecule has 1 aliphatic heterocycles. The SMILES string of the molecule is CCCCCCCCCCCCC1(C2CC2)CCCN1. The maximum atomic E-state index is 3.86. The first-order valence-electron chi connectivity index (χ1n) is 9.62. The molecule has 1 saturated carbocycles. The van der Waals surface area contributed by atoms with Gasteiger partial charge in [-0.15, -0.1) is 0 Å². The lowest BCUT2D eigenvalue weighted by atomic mass is 9.85. The standard InChI is InChI=1S/C19H37N/c1-2-3-4-5-6-7-8-9-10-11-15-19(18-13-14-18)16-12-17-20-19/h18,20H,2-17H2,1H3. The van der Waals surface area contributed by atoms with Crippen LogP contribution in [-0.4, -0.2) is 12.1 Å². The van der Waals surface area contributed by atoms with Gasteiger partial charge in [0, 0.05) is 5.54 Å². The van der Waals surface area contributed by atoms with Gasteiger partial charge in [0.25, 0.3) is 0 Å². The highest BCUT2D eigenvalue weighted by Gasteiger charge is 2.45. The zero-order valence-corrected chi connectivity index (χ0v) is 13.9. The van der Waals surface area contributed by atoms with Gasteiger partial charge >= 0.3 is 0 Å². The molecule has 1 N–H and O–H groups in total. The Kier molecular flexibility index (Phi) is 7.41. The summed E-state index contributed by atoms with van der Waals surface area (Å²) < 4.78 is 0. The lowest BCUT2D eigenvalue weighted by molar-refractivity contribution is 0.290. The lowest BCUT2D eigenvalue weighted by Gasteiger charge is -2.30. The zero-order chi connectivity index (χ0) is 14.1. The smallest absolute Gasteiger partial charge is 0.0210 e. The first-order valence-corrected chi connectivity index (χ1v) is 9.62. The molecule has 20 heavy (non-hydrogen) atoms. The van der Waals surface area contributed by atoms with E-state index >= 15 is 0 Å². The predicted molar refractivity (Wildman–Crippen MR) is 89.2 cm³/mol. The second-order valence-corrected chi connectivity index (χ2v) is 7.39. The van der Waals surface area contributed by atoms with E-state index in [0.29, 0.717) is 5.54 Å². The van der Waals surface area contributed by atoms with Crippen molar-refractivity contribution in [2.45, 2.75) is 109 Å². The molecule has 0 spiro atoms. The van der Waals surface area contributed by atoms with Crippen molar-refractivity contribution in [3.8, 4) is 0 Å². The van der Waals surface area contributed by atoms with Crippen LogP contribution in [0.1, 0.15) is 103 Å². The highest BCUT2D eigenvalue weighted by molar-refractivity contribution is 5.03. The van der Waals surface area contributed by atoms with E-state index in [9.17, 15) is 0 Å². The van der Waals surface area contributed by atoms with Crippen LogP contribution < -0.4 is 5.32 Å². The summed E-state index contributed by atoms with van der Waals surface area (Å²) in [5.74, 6) is 1.04. The van der Waals surface area contributed by atoms with Crippen LogP contribution >= 0.6 is 0 Å². The van der Waals surface area contributed by atoms with Crippen LogP contribution in [0.25, 0.3) is 0 Å². The third kappa shape index (κ3) is 5.39. The van der Waals surface area contributed by atoms with E-state index < -0.39 is 0 Å². The van der Waals surface area contributed by atoms with Crippen molar-refractivity contribution in [2.75, 3.05) is 6.54 Å². The van der Waals surface area contributed by atoms with Crippen molar-refractivity contribution in [1.82, 2.24) is 5.32 Å². The molecule has 2 fully saturated rings. The van der Waals surface area contributed by atoms with Crippen LogP contribution in [0.4, 0.5) is 0 Å².